The lowest BCUT2D eigenvalue weighted by molar-refractivity contribution is -0.127. The van der Waals surface area contributed by atoms with Crippen LogP contribution in [0, 0.1) is 11.6 Å². The van der Waals surface area contributed by atoms with E-state index in [0.717, 1.165) is 32.7 Å². The highest BCUT2D eigenvalue weighted by atomic mass is 32.2. The first-order chi connectivity index (χ1) is 14.4. The Labute approximate surface area is 176 Å². The highest BCUT2D eigenvalue weighted by Gasteiger charge is 2.33. The third kappa shape index (κ3) is 3.98. The van der Waals surface area contributed by atoms with Crippen molar-refractivity contribution in [1.29, 1.82) is 0 Å². The average molecular weight is 450 g/mol. The summed E-state index contributed by atoms with van der Waals surface area (Å²) < 4.78 is 55.1. The van der Waals surface area contributed by atoms with Crippen LogP contribution < -0.4 is 0 Å². The van der Waals surface area contributed by atoms with Gasteiger partial charge in [-0.15, -0.1) is 11.3 Å². The van der Waals surface area contributed by atoms with Gasteiger partial charge in [0, 0.05) is 32.3 Å². The SMILES string of the molecule is O=C(C=Cc1nc2ccccc2s1)N1CCN(S(=O)(=O)c2c(F)cccc2F)CC1. The number of halogens is 2. The summed E-state index contributed by atoms with van der Waals surface area (Å²) in [7, 11) is -4.32. The third-order valence-corrected chi connectivity index (χ3v) is 7.70. The van der Waals surface area contributed by atoms with Gasteiger partial charge in [0.1, 0.15) is 16.6 Å². The molecule has 0 unspecified atom stereocenters. The molecule has 6 nitrogen and oxygen atoms in total. The summed E-state index contributed by atoms with van der Waals surface area (Å²) >= 11 is 1.46. The minimum Gasteiger partial charge on any atom is -0.337 e. The van der Waals surface area contributed by atoms with Gasteiger partial charge in [0.25, 0.3) is 0 Å². The molecule has 4 rings (SSSR count). The van der Waals surface area contributed by atoms with E-state index in [1.165, 1.54) is 22.3 Å². The first-order valence-electron chi connectivity index (χ1n) is 9.13. The molecule has 0 N–H and O–H groups in total. The second-order valence-electron chi connectivity index (χ2n) is 6.63. The number of aromatic nitrogens is 1. The van der Waals surface area contributed by atoms with Crippen molar-refractivity contribution in [2.45, 2.75) is 4.90 Å². The molecule has 0 aliphatic carbocycles. The molecule has 1 aromatic heterocycles. The molecular formula is C20H17F2N3O3S2. The van der Waals surface area contributed by atoms with Crippen LogP contribution in [-0.2, 0) is 14.8 Å². The van der Waals surface area contributed by atoms with E-state index in [9.17, 15) is 22.0 Å². The normalized spacial score (nSPS) is 15.9. The van der Waals surface area contributed by atoms with Crippen LogP contribution in [0.15, 0.2) is 53.4 Å². The molecule has 1 aliphatic heterocycles. The van der Waals surface area contributed by atoms with Crippen molar-refractivity contribution >= 4 is 43.6 Å². The second kappa shape index (κ2) is 8.21. The predicted octanol–water partition coefficient (Wildman–Crippen LogP) is 3.12. The summed E-state index contributed by atoms with van der Waals surface area (Å²) in [6.45, 7) is 0.157. The van der Waals surface area contributed by atoms with Crippen LogP contribution in [-0.4, -0.2) is 54.7 Å². The molecule has 2 heterocycles. The maximum absolute atomic E-state index is 13.9. The van der Waals surface area contributed by atoms with Crippen LogP contribution in [0.5, 0.6) is 0 Å². The zero-order valence-electron chi connectivity index (χ0n) is 15.7. The Kier molecular flexibility index (Phi) is 5.63. The molecule has 30 heavy (non-hydrogen) atoms. The highest BCUT2D eigenvalue weighted by Crippen LogP contribution is 2.24. The fraction of sp³-hybridized carbons (Fsp3) is 0.200. The van der Waals surface area contributed by atoms with Gasteiger partial charge in [-0.25, -0.2) is 22.2 Å². The van der Waals surface area contributed by atoms with Crippen LogP contribution in [0.2, 0.25) is 0 Å². The lowest BCUT2D eigenvalue weighted by atomic mass is 10.3. The number of thiazole rings is 1. The fourth-order valence-corrected chi connectivity index (χ4v) is 5.62. The summed E-state index contributed by atoms with van der Waals surface area (Å²) in [4.78, 5) is 17.4. The number of sulfonamides is 1. The maximum Gasteiger partial charge on any atom is 0.249 e. The summed E-state index contributed by atoms with van der Waals surface area (Å²) in [5, 5.41) is 0.695. The quantitative estimate of drug-likeness (QED) is 0.574. The third-order valence-electron chi connectivity index (χ3n) is 4.75. The van der Waals surface area contributed by atoms with E-state index in [0.29, 0.717) is 5.01 Å². The van der Waals surface area contributed by atoms with E-state index in [1.54, 1.807) is 6.08 Å². The summed E-state index contributed by atoms with van der Waals surface area (Å²) in [5.74, 6) is -2.54. The molecule has 2 aromatic carbocycles. The number of rotatable bonds is 4. The number of piperazine rings is 1. The Morgan fingerprint density at radius 3 is 2.33 bits per heavy atom. The summed E-state index contributed by atoms with van der Waals surface area (Å²) in [6.07, 6.45) is 3.03. The number of carbonyl (C=O) groups excluding carboxylic acids is 1. The van der Waals surface area contributed by atoms with Crippen LogP contribution >= 0.6 is 11.3 Å². The van der Waals surface area contributed by atoms with Crippen molar-refractivity contribution in [1.82, 2.24) is 14.2 Å². The molecular weight excluding hydrogens is 432 g/mol. The van der Waals surface area contributed by atoms with E-state index in [1.807, 2.05) is 24.3 Å². The van der Waals surface area contributed by atoms with Crippen molar-refractivity contribution < 1.29 is 22.0 Å². The number of benzene rings is 2. The van der Waals surface area contributed by atoms with Crippen molar-refractivity contribution in [2.75, 3.05) is 26.2 Å². The van der Waals surface area contributed by atoms with Crippen molar-refractivity contribution in [3.63, 3.8) is 0 Å². The number of carbonyl (C=O) groups is 1. The topological polar surface area (TPSA) is 70.6 Å². The van der Waals surface area contributed by atoms with Gasteiger partial charge < -0.3 is 4.90 Å². The maximum atomic E-state index is 13.9. The summed E-state index contributed by atoms with van der Waals surface area (Å²) in [6, 6.07) is 10.6. The predicted molar refractivity (Wildman–Crippen MR) is 110 cm³/mol. The lowest BCUT2D eigenvalue weighted by Crippen LogP contribution is -2.50. The molecule has 0 saturated carbocycles. The highest BCUT2D eigenvalue weighted by molar-refractivity contribution is 7.89. The monoisotopic (exact) mass is 449 g/mol. The molecule has 1 amide bonds. The van der Waals surface area contributed by atoms with Gasteiger partial charge in [0.2, 0.25) is 15.9 Å². The molecule has 0 spiro atoms. The first kappa shape index (κ1) is 20.6. The van der Waals surface area contributed by atoms with Gasteiger partial charge in [-0.3, -0.25) is 4.79 Å². The van der Waals surface area contributed by atoms with Gasteiger partial charge in [-0.1, -0.05) is 18.2 Å². The van der Waals surface area contributed by atoms with Crippen molar-refractivity contribution in [3.05, 3.63) is 65.2 Å². The number of para-hydroxylation sites is 1. The van der Waals surface area contributed by atoms with Gasteiger partial charge in [0.05, 0.1) is 10.2 Å². The van der Waals surface area contributed by atoms with Crippen molar-refractivity contribution in [2.24, 2.45) is 0 Å². The molecule has 0 radical (unpaired) electrons. The Hall–Kier alpha value is -2.69. The molecule has 0 bridgehead atoms. The van der Waals surface area contributed by atoms with Crippen LogP contribution in [0.4, 0.5) is 8.78 Å². The van der Waals surface area contributed by atoms with Gasteiger partial charge in [-0.2, -0.15) is 4.31 Å². The first-order valence-corrected chi connectivity index (χ1v) is 11.4. The molecule has 3 aromatic rings. The standard InChI is InChI=1S/C20H17F2N3O3S2/c21-14-4-3-5-15(22)20(14)30(27,28)25-12-10-24(11-13-25)19(26)9-8-18-23-16-6-1-2-7-17(16)29-18/h1-9H,10-13H2. The van der Waals surface area contributed by atoms with E-state index >= 15 is 0 Å². The number of amides is 1. The zero-order valence-corrected chi connectivity index (χ0v) is 17.3. The van der Waals surface area contributed by atoms with Crippen LogP contribution in [0.1, 0.15) is 5.01 Å². The molecule has 1 fully saturated rings. The largest absolute Gasteiger partial charge is 0.337 e. The zero-order chi connectivity index (χ0) is 21.3. The van der Waals surface area contributed by atoms with Crippen LogP contribution in [0.3, 0.4) is 0 Å². The molecule has 0 atom stereocenters. The Morgan fingerprint density at radius 1 is 1.00 bits per heavy atom. The van der Waals surface area contributed by atoms with E-state index in [2.05, 4.69) is 4.98 Å². The van der Waals surface area contributed by atoms with Gasteiger partial charge in [0.15, 0.2) is 4.90 Å². The Bertz CT molecular complexity index is 1180. The number of fused-ring (bicyclic) bond motifs is 1. The van der Waals surface area contributed by atoms with Crippen LogP contribution in [0.25, 0.3) is 16.3 Å². The molecule has 10 heteroatoms. The molecule has 1 saturated heterocycles. The van der Waals surface area contributed by atoms with Gasteiger partial charge in [-0.05, 0) is 30.3 Å². The smallest absolute Gasteiger partial charge is 0.249 e. The van der Waals surface area contributed by atoms with Crippen molar-refractivity contribution in [3.8, 4) is 0 Å². The number of hydrogen-bond acceptors (Lipinski definition) is 5. The number of hydrogen-bond donors (Lipinski definition) is 0. The minimum absolute atomic E-state index is 0.0448. The average Bonchev–Trinajstić information content (AvgIpc) is 3.15. The minimum atomic E-state index is -4.32. The lowest BCUT2D eigenvalue weighted by Gasteiger charge is -2.33. The molecule has 156 valence electrons. The Balaban J connectivity index is 1.42. The van der Waals surface area contributed by atoms with E-state index < -0.39 is 26.6 Å². The number of nitrogens with zero attached hydrogens (tertiary/aromatic N) is 3. The van der Waals surface area contributed by atoms with E-state index in [-0.39, 0.29) is 32.1 Å². The Morgan fingerprint density at radius 2 is 1.67 bits per heavy atom. The van der Waals surface area contributed by atoms with Gasteiger partial charge >= 0.3 is 0 Å². The molecule has 1 aliphatic rings. The second-order valence-corrected chi connectivity index (χ2v) is 9.57. The van der Waals surface area contributed by atoms with E-state index in [4.69, 9.17) is 0 Å². The fourth-order valence-electron chi connectivity index (χ4n) is 3.22. The summed E-state index contributed by atoms with van der Waals surface area (Å²) in [5.41, 5.74) is 0.855.